The van der Waals surface area contributed by atoms with E-state index in [1.54, 1.807) is 23.9 Å². The Morgan fingerprint density at radius 3 is 2.47 bits per heavy atom. The molecule has 0 bridgehead atoms. The fraction of sp³-hybridized carbons (Fsp3) is 0.417. The number of thioether (sulfide) groups is 1. The molecule has 1 amide bonds. The molecule has 0 radical (unpaired) electrons. The molecule has 0 saturated carbocycles. The van der Waals surface area contributed by atoms with Crippen molar-refractivity contribution in [1.82, 2.24) is 0 Å². The van der Waals surface area contributed by atoms with Crippen LogP contribution in [0, 0.1) is 0 Å². The van der Waals surface area contributed by atoms with E-state index in [2.05, 4.69) is 5.32 Å². The lowest BCUT2D eigenvalue weighted by Gasteiger charge is -2.20. The first-order valence-electron chi connectivity index (χ1n) is 6.02. The molecule has 1 aromatic carbocycles. The van der Waals surface area contributed by atoms with Crippen LogP contribution in [0.4, 0.5) is 5.69 Å². The van der Waals surface area contributed by atoms with Gasteiger partial charge in [0.2, 0.25) is 15.9 Å². The number of nitrogens with two attached hydrogens (primary N) is 1. The van der Waals surface area contributed by atoms with E-state index in [1.807, 2.05) is 0 Å². The molecule has 1 heterocycles. The molecule has 0 aliphatic carbocycles. The van der Waals surface area contributed by atoms with Crippen molar-refractivity contribution in [2.24, 2.45) is 5.14 Å². The highest BCUT2D eigenvalue weighted by molar-refractivity contribution is 8.00. The lowest BCUT2D eigenvalue weighted by molar-refractivity contribution is -0.115. The number of carbonyl (C=O) groups is 1. The van der Waals surface area contributed by atoms with E-state index in [-0.39, 0.29) is 16.1 Å². The van der Waals surface area contributed by atoms with Crippen molar-refractivity contribution in [3.8, 4) is 0 Å². The minimum absolute atomic E-state index is 0.00772. The average molecular weight is 300 g/mol. The van der Waals surface area contributed by atoms with E-state index < -0.39 is 10.0 Å². The maximum atomic E-state index is 12.0. The van der Waals surface area contributed by atoms with Crippen molar-refractivity contribution in [3.05, 3.63) is 24.3 Å². The van der Waals surface area contributed by atoms with Gasteiger partial charge in [0, 0.05) is 5.69 Å². The molecule has 1 saturated heterocycles. The third-order valence-corrected chi connectivity index (χ3v) is 5.23. The van der Waals surface area contributed by atoms with E-state index in [1.165, 1.54) is 12.1 Å². The van der Waals surface area contributed by atoms with Crippen LogP contribution in [0.15, 0.2) is 29.2 Å². The van der Waals surface area contributed by atoms with Crippen LogP contribution in [0.1, 0.15) is 19.3 Å². The van der Waals surface area contributed by atoms with Gasteiger partial charge in [-0.2, -0.15) is 0 Å². The first-order chi connectivity index (χ1) is 8.97. The number of primary sulfonamides is 1. The second kappa shape index (κ2) is 5.94. The third kappa shape index (κ3) is 3.95. The van der Waals surface area contributed by atoms with Crippen molar-refractivity contribution in [1.29, 1.82) is 0 Å². The minimum atomic E-state index is -3.69. The molecule has 19 heavy (non-hydrogen) atoms. The standard InChI is InChI=1S/C12H16N2O3S2/c13-19(16,17)10-6-4-9(5-7-10)14-12(15)11-3-1-2-8-18-11/h4-7,11H,1-3,8H2,(H,14,15)(H2,13,16,17). The van der Waals surface area contributed by atoms with Crippen LogP contribution < -0.4 is 10.5 Å². The Morgan fingerprint density at radius 2 is 1.95 bits per heavy atom. The van der Waals surface area contributed by atoms with Crippen LogP contribution in [-0.2, 0) is 14.8 Å². The van der Waals surface area contributed by atoms with E-state index in [9.17, 15) is 13.2 Å². The summed E-state index contributed by atoms with van der Waals surface area (Å²) in [5.41, 5.74) is 0.587. The summed E-state index contributed by atoms with van der Waals surface area (Å²) in [6, 6.07) is 5.87. The lowest BCUT2D eigenvalue weighted by atomic mass is 10.2. The summed E-state index contributed by atoms with van der Waals surface area (Å²) < 4.78 is 22.2. The van der Waals surface area contributed by atoms with Gasteiger partial charge in [-0.25, -0.2) is 13.6 Å². The molecule has 0 spiro atoms. The molecule has 2 rings (SSSR count). The van der Waals surface area contributed by atoms with Crippen LogP contribution in [0.5, 0.6) is 0 Å². The van der Waals surface area contributed by atoms with E-state index in [4.69, 9.17) is 5.14 Å². The summed E-state index contributed by atoms with van der Waals surface area (Å²) >= 11 is 1.67. The fourth-order valence-electron chi connectivity index (χ4n) is 1.90. The van der Waals surface area contributed by atoms with Gasteiger partial charge >= 0.3 is 0 Å². The summed E-state index contributed by atoms with van der Waals surface area (Å²) in [5, 5.41) is 7.79. The topological polar surface area (TPSA) is 89.3 Å². The lowest BCUT2D eigenvalue weighted by Crippen LogP contribution is -2.27. The number of hydrogen-bond donors (Lipinski definition) is 2. The summed E-state index contributed by atoms with van der Waals surface area (Å²) in [7, 11) is -3.69. The predicted octanol–water partition coefficient (Wildman–Crippen LogP) is 1.56. The molecule has 5 nitrogen and oxygen atoms in total. The van der Waals surface area contributed by atoms with Gasteiger partial charge in [0.05, 0.1) is 10.1 Å². The number of amides is 1. The Kier molecular flexibility index (Phi) is 4.49. The van der Waals surface area contributed by atoms with Crippen molar-refractivity contribution >= 4 is 33.4 Å². The molecule has 1 aliphatic rings. The monoisotopic (exact) mass is 300 g/mol. The zero-order chi connectivity index (χ0) is 13.9. The Balaban J connectivity index is 2.01. The Bertz CT molecular complexity index is 549. The summed E-state index contributed by atoms with van der Waals surface area (Å²) in [6.45, 7) is 0. The van der Waals surface area contributed by atoms with Crippen molar-refractivity contribution in [2.45, 2.75) is 29.4 Å². The van der Waals surface area contributed by atoms with Gasteiger partial charge in [0.25, 0.3) is 0 Å². The predicted molar refractivity (Wildman–Crippen MR) is 76.5 cm³/mol. The van der Waals surface area contributed by atoms with Gasteiger partial charge in [-0.05, 0) is 42.9 Å². The van der Waals surface area contributed by atoms with E-state index in [0.29, 0.717) is 5.69 Å². The first-order valence-corrected chi connectivity index (χ1v) is 8.62. The summed E-state index contributed by atoms with van der Waals surface area (Å²) in [6.07, 6.45) is 3.14. The smallest absolute Gasteiger partial charge is 0.238 e. The highest BCUT2D eigenvalue weighted by Gasteiger charge is 2.21. The van der Waals surface area contributed by atoms with E-state index in [0.717, 1.165) is 25.0 Å². The second-order valence-electron chi connectivity index (χ2n) is 4.41. The van der Waals surface area contributed by atoms with Crippen LogP contribution >= 0.6 is 11.8 Å². The highest BCUT2D eigenvalue weighted by atomic mass is 32.2. The number of nitrogens with one attached hydrogen (secondary N) is 1. The van der Waals surface area contributed by atoms with Crippen molar-refractivity contribution in [2.75, 3.05) is 11.1 Å². The molecule has 1 atom stereocenters. The Morgan fingerprint density at radius 1 is 1.26 bits per heavy atom. The van der Waals surface area contributed by atoms with Crippen LogP contribution in [0.25, 0.3) is 0 Å². The van der Waals surface area contributed by atoms with Gasteiger partial charge in [0.15, 0.2) is 0 Å². The molecule has 0 aromatic heterocycles. The van der Waals surface area contributed by atoms with Crippen molar-refractivity contribution in [3.63, 3.8) is 0 Å². The molecular formula is C12H16N2O3S2. The molecule has 104 valence electrons. The second-order valence-corrected chi connectivity index (χ2v) is 7.29. The number of rotatable bonds is 3. The number of sulfonamides is 1. The Labute approximate surface area is 117 Å². The van der Waals surface area contributed by atoms with Gasteiger partial charge in [-0.1, -0.05) is 6.42 Å². The van der Waals surface area contributed by atoms with Crippen LogP contribution in [0.3, 0.4) is 0 Å². The molecule has 1 aliphatic heterocycles. The van der Waals surface area contributed by atoms with Gasteiger partial charge < -0.3 is 5.32 Å². The summed E-state index contributed by atoms with van der Waals surface area (Å²) in [4.78, 5) is 12.0. The highest BCUT2D eigenvalue weighted by Crippen LogP contribution is 2.26. The molecule has 3 N–H and O–H groups in total. The number of hydrogen-bond acceptors (Lipinski definition) is 4. The molecule has 1 unspecified atom stereocenters. The average Bonchev–Trinajstić information content (AvgIpc) is 2.39. The van der Waals surface area contributed by atoms with Gasteiger partial charge in [-0.3, -0.25) is 4.79 Å². The Hall–Kier alpha value is -1.05. The van der Waals surface area contributed by atoms with Gasteiger partial charge in [-0.15, -0.1) is 11.8 Å². The maximum Gasteiger partial charge on any atom is 0.238 e. The number of benzene rings is 1. The molecule has 1 fully saturated rings. The zero-order valence-corrected chi connectivity index (χ0v) is 12.0. The van der Waals surface area contributed by atoms with Crippen molar-refractivity contribution < 1.29 is 13.2 Å². The zero-order valence-electron chi connectivity index (χ0n) is 10.3. The third-order valence-electron chi connectivity index (χ3n) is 2.92. The first kappa shape index (κ1) is 14.4. The molecular weight excluding hydrogens is 284 g/mol. The van der Waals surface area contributed by atoms with Crippen LogP contribution in [0.2, 0.25) is 0 Å². The number of carbonyl (C=O) groups excluding carboxylic acids is 1. The SMILES string of the molecule is NS(=O)(=O)c1ccc(NC(=O)C2CCCCS2)cc1. The van der Waals surface area contributed by atoms with E-state index >= 15 is 0 Å². The quantitative estimate of drug-likeness (QED) is 0.886. The summed E-state index contributed by atoms with van der Waals surface area (Å²) in [5.74, 6) is 0.996. The fourth-order valence-corrected chi connectivity index (χ4v) is 3.61. The van der Waals surface area contributed by atoms with Gasteiger partial charge in [0.1, 0.15) is 0 Å². The molecule has 1 aromatic rings. The minimum Gasteiger partial charge on any atom is -0.325 e. The normalized spacial score (nSPS) is 19.9. The van der Waals surface area contributed by atoms with Crippen LogP contribution in [-0.4, -0.2) is 25.3 Å². The largest absolute Gasteiger partial charge is 0.325 e. The molecule has 7 heteroatoms. The maximum absolute atomic E-state index is 12.0. The number of anilines is 1.